The molecule has 4 heteroatoms. The zero-order chi connectivity index (χ0) is 13.0. The molecule has 1 aliphatic carbocycles. The van der Waals surface area contributed by atoms with E-state index in [-0.39, 0.29) is 0 Å². The van der Waals surface area contributed by atoms with Gasteiger partial charge in [0.25, 0.3) is 0 Å². The van der Waals surface area contributed by atoms with Gasteiger partial charge in [0.2, 0.25) is 0 Å². The number of rotatable bonds is 5. The minimum atomic E-state index is -0.493. The number of aryl methyl sites for hydroxylation is 1. The van der Waals surface area contributed by atoms with E-state index in [0.717, 1.165) is 44.7 Å². The number of hydrogen-bond donors (Lipinski definition) is 2. The standard InChI is InChI=1S/C14H25N3O/c1-3-17-10-13(9-16-17)8-15-11-14(18)6-4-12(2)5-7-14/h9-10,12,15,18H,3-8,11H2,1-2H3. The largest absolute Gasteiger partial charge is 0.389 e. The molecule has 1 heterocycles. The first-order valence-electron chi connectivity index (χ1n) is 7.06. The topological polar surface area (TPSA) is 50.1 Å². The molecule has 18 heavy (non-hydrogen) atoms. The van der Waals surface area contributed by atoms with Crippen LogP contribution in [-0.2, 0) is 13.1 Å². The molecule has 0 spiro atoms. The van der Waals surface area contributed by atoms with Gasteiger partial charge in [0.05, 0.1) is 11.8 Å². The highest BCUT2D eigenvalue weighted by atomic mass is 16.3. The molecule has 1 saturated carbocycles. The summed E-state index contributed by atoms with van der Waals surface area (Å²) in [6.07, 6.45) is 8.09. The number of nitrogens with zero attached hydrogens (tertiary/aromatic N) is 2. The SMILES string of the molecule is CCn1cc(CNCC2(O)CCC(C)CC2)cn1. The summed E-state index contributed by atoms with van der Waals surface area (Å²) in [4.78, 5) is 0. The molecule has 0 bridgehead atoms. The second-order valence-corrected chi connectivity index (χ2v) is 5.71. The summed E-state index contributed by atoms with van der Waals surface area (Å²) < 4.78 is 1.92. The maximum Gasteiger partial charge on any atom is 0.0771 e. The molecule has 0 atom stereocenters. The molecule has 4 nitrogen and oxygen atoms in total. The first kappa shape index (κ1) is 13.6. The van der Waals surface area contributed by atoms with E-state index in [9.17, 15) is 5.11 Å². The van der Waals surface area contributed by atoms with Crippen LogP contribution in [0.1, 0.15) is 45.1 Å². The van der Waals surface area contributed by atoms with E-state index < -0.39 is 5.60 Å². The van der Waals surface area contributed by atoms with Crippen molar-refractivity contribution in [1.29, 1.82) is 0 Å². The molecule has 102 valence electrons. The molecule has 0 saturated heterocycles. The lowest BCUT2D eigenvalue weighted by Gasteiger charge is -2.35. The molecule has 0 radical (unpaired) electrons. The molecular formula is C14H25N3O. The maximum absolute atomic E-state index is 10.4. The lowest BCUT2D eigenvalue weighted by molar-refractivity contribution is -0.00630. The minimum absolute atomic E-state index is 0.493. The molecule has 0 unspecified atom stereocenters. The highest BCUT2D eigenvalue weighted by molar-refractivity contribution is 5.03. The van der Waals surface area contributed by atoms with Crippen LogP contribution >= 0.6 is 0 Å². The summed E-state index contributed by atoms with van der Waals surface area (Å²) >= 11 is 0. The fraction of sp³-hybridized carbons (Fsp3) is 0.786. The average Bonchev–Trinajstić information content (AvgIpc) is 2.81. The van der Waals surface area contributed by atoms with Gasteiger partial charge in [0, 0.05) is 31.4 Å². The van der Waals surface area contributed by atoms with Crippen molar-refractivity contribution in [1.82, 2.24) is 15.1 Å². The van der Waals surface area contributed by atoms with Crippen molar-refractivity contribution in [3.8, 4) is 0 Å². The normalized spacial score (nSPS) is 28.5. The molecule has 1 aromatic heterocycles. The fourth-order valence-electron chi connectivity index (χ4n) is 2.59. The van der Waals surface area contributed by atoms with E-state index in [2.05, 4.69) is 30.5 Å². The average molecular weight is 251 g/mol. The first-order chi connectivity index (χ1) is 8.61. The van der Waals surface area contributed by atoms with Gasteiger partial charge in [0.1, 0.15) is 0 Å². The monoisotopic (exact) mass is 251 g/mol. The Morgan fingerprint density at radius 2 is 2.22 bits per heavy atom. The Balaban J connectivity index is 1.74. The summed E-state index contributed by atoms with van der Waals surface area (Å²) in [5.41, 5.74) is 0.692. The smallest absolute Gasteiger partial charge is 0.0771 e. The van der Waals surface area contributed by atoms with Crippen LogP contribution in [0.15, 0.2) is 12.4 Å². The highest BCUT2D eigenvalue weighted by Crippen LogP contribution is 2.31. The van der Waals surface area contributed by atoms with Gasteiger partial charge in [-0.3, -0.25) is 4.68 Å². The highest BCUT2D eigenvalue weighted by Gasteiger charge is 2.31. The van der Waals surface area contributed by atoms with Gasteiger partial charge >= 0.3 is 0 Å². The summed E-state index contributed by atoms with van der Waals surface area (Å²) in [6.45, 7) is 6.74. The second-order valence-electron chi connectivity index (χ2n) is 5.71. The van der Waals surface area contributed by atoms with Gasteiger partial charge in [-0.05, 0) is 38.5 Å². The van der Waals surface area contributed by atoms with Crippen molar-refractivity contribution in [2.45, 2.75) is 58.2 Å². The zero-order valence-corrected chi connectivity index (χ0v) is 11.5. The van der Waals surface area contributed by atoms with Gasteiger partial charge in [0.15, 0.2) is 0 Å². The Morgan fingerprint density at radius 3 is 2.83 bits per heavy atom. The van der Waals surface area contributed by atoms with Gasteiger partial charge in [-0.25, -0.2) is 0 Å². The van der Waals surface area contributed by atoms with Gasteiger partial charge < -0.3 is 10.4 Å². The van der Waals surface area contributed by atoms with E-state index >= 15 is 0 Å². The predicted molar refractivity (Wildman–Crippen MR) is 72.2 cm³/mol. The summed E-state index contributed by atoms with van der Waals surface area (Å²) in [6, 6.07) is 0. The van der Waals surface area contributed by atoms with Crippen molar-refractivity contribution in [3.63, 3.8) is 0 Å². The van der Waals surface area contributed by atoms with Gasteiger partial charge in [-0.2, -0.15) is 5.10 Å². The molecule has 1 aliphatic rings. The summed E-state index contributed by atoms with van der Waals surface area (Å²) in [7, 11) is 0. The van der Waals surface area contributed by atoms with Crippen molar-refractivity contribution in [2.24, 2.45) is 5.92 Å². The van der Waals surface area contributed by atoms with Crippen molar-refractivity contribution in [2.75, 3.05) is 6.54 Å². The fourth-order valence-corrected chi connectivity index (χ4v) is 2.59. The van der Waals surface area contributed by atoms with E-state index in [1.807, 2.05) is 10.9 Å². The second kappa shape index (κ2) is 5.85. The molecule has 2 rings (SSSR count). The molecule has 2 N–H and O–H groups in total. The van der Waals surface area contributed by atoms with E-state index in [1.54, 1.807) is 0 Å². The predicted octanol–water partition coefficient (Wildman–Crippen LogP) is 1.93. The molecule has 0 aromatic carbocycles. The van der Waals surface area contributed by atoms with E-state index in [1.165, 1.54) is 5.56 Å². The Bertz CT molecular complexity index is 367. The third-order valence-electron chi connectivity index (χ3n) is 4.00. The molecule has 1 aromatic rings. The number of nitrogens with one attached hydrogen (secondary N) is 1. The van der Waals surface area contributed by atoms with Crippen LogP contribution in [-0.4, -0.2) is 27.0 Å². The Hall–Kier alpha value is -0.870. The Morgan fingerprint density at radius 1 is 1.50 bits per heavy atom. The zero-order valence-electron chi connectivity index (χ0n) is 11.5. The molecular weight excluding hydrogens is 226 g/mol. The van der Waals surface area contributed by atoms with Crippen LogP contribution in [0.4, 0.5) is 0 Å². The Labute approximate surface area is 109 Å². The Kier molecular flexibility index (Phi) is 4.40. The van der Waals surface area contributed by atoms with Crippen LogP contribution in [0.3, 0.4) is 0 Å². The van der Waals surface area contributed by atoms with Crippen LogP contribution in [0.5, 0.6) is 0 Å². The third kappa shape index (κ3) is 3.56. The van der Waals surface area contributed by atoms with Gasteiger partial charge in [-0.15, -0.1) is 0 Å². The molecule has 0 amide bonds. The quantitative estimate of drug-likeness (QED) is 0.841. The lowest BCUT2D eigenvalue weighted by Crippen LogP contribution is -2.43. The van der Waals surface area contributed by atoms with Crippen molar-refractivity contribution in [3.05, 3.63) is 18.0 Å². The number of hydrogen-bond acceptors (Lipinski definition) is 3. The van der Waals surface area contributed by atoms with Crippen LogP contribution in [0, 0.1) is 5.92 Å². The lowest BCUT2D eigenvalue weighted by atomic mass is 9.79. The van der Waals surface area contributed by atoms with Crippen LogP contribution in [0.25, 0.3) is 0 Å². The van der Waals surface area contributed by atoms with Gasteiger partial charge in [-0.1, -0.05) is 6.92 Å². The first-order valence-corrected chi connectivity index (χ1v) is 7.06. The molecule has 0 aliphatic heterocycles. The number of aliphatic hydroxyl groups is 1. The van der Waals surface area contributed by atoms with Crippen LogP contribution in [0.2, 0.25) is 0 Å². The maximum atomic E-state index is 10.4. The van der Waals surface area contributed by atoms with E-state index in [0.29, 0.717) is 6.54 Å². The van der Waals surface area contributed by atoms with Crippen molar-refractivity contribution >= 4 is 0 Å². The minimum Gasteiger partial charge on any atom is -0.389 e. The summed E-state index contributed by atoms with van der Waals surface area (Å²) in [5, 5.41) is 18.0. The van der Waals surface area contributed by atoms with Crippen LogP contribution < -0.4 is 5.32 Å². The third-order valence-corrected chi connectivity index (χ3v) is 4.00. The van der Waals surface area contributed by atoms with E-state index in [4.69, 9.17) is 0 Å². The van der Waals surface area contributed by atoms with Crippen molar-refractivity contribution < 1.29 is 5.11 Å². The summed E-state index contributed by atoms with van der Waals surface area (Å²) in [5.74, 6) is 0.771. The number of aromatic nitrogens is 2. The molecule has 1 fully saturated rings.